The summed E-state index contributed by atoms with van der Waals surface area (Å²) in [7, 11) is -2.44. The van der Waals surface area contributed by atoms with Gasteiger partial charge in [-0.1, -0.05) is 30.3 Å². The topological polar surface area (TPSA) is 72.9 Å². The zero-order chi connectivity index (χ0) is 24.0. The van der Waals surface area contributed by atoms with E-state index < -0.39 is 27.7 Å². The lowest BCUT2D eigenvalue weighted by Crippen LogP contribution is -2.30. The van der Waals surface area contributed by atoms with Gasteiger partial charge in [0.15, 0.2) is 11.5 Å². The highest BCUT2D eigenvalue weighted by atomic mass is 32.2. The smallest absolute Gasteiger partial charge is 0.309 e. The normalized spacial score (nSPS) is 11.2. The van der Waals surface area contributed by atoms with E-state index in [1.807, 2.05) is 0 Å². The number of halogens is 2. The van der Waals surface area contributed by atoms with Crippen molar-refractivity contribution in [3.8, 4) is 11.5 Å². The first kappa shape index (κ1) is 24.2. The second-order valence-electron chi connectivity index (χ2n) is 7.18. The Morgan fingerprint density at radius 2 is 1.55 bits per heavy atom. The monoisotopic (exact) mass is 475 g/mol. The first-order valence-corrected chi connectivity index (χ1v) is 11.7. The van der Waals surface area contributed by atoms with Crippen LogP contribution in [0.1, 0.15) is 28.4 Å². The molecule has 0 fully saturated rings. The lowest BCUT2D eigenvalue weighted by molar-refractivity contribution is 0.0725. The van der Waals surface area contributed by atoms with E-state index in [9.17, 15) is 22.0 Å². The van der Waals surface area contributed by atoms with Crippen molar-refractivity contribution in [1.29, 1.82) is 0 Å². The summed E-state index contributed by atoms with van der Waals surface area (Å²) in [4.78, 5) is 14.6. The molecular formula is C24H23F2NO5S. The van der Waals surface area contributed by atoms with Crippen molar-refractivity contribution in [2.75, 3.05) is 12.9 Å². The Balaban J connectivity index is 1.96. The van der Waals surface area contributed by atoms with Gasteiger partial charge in [0.25, 0.3) is 5.91 Å². The minimum absolute atomic E-state index is 0.0110. The van der Waals surface area contributed by atoms with Crippen LogP contribution in [0.15, 0.2) is 66.7 Å². The molecule has 174 valence electrons. The number of hydrogen-bond acceptors (Lipinski definition) is 5. The number of benzene rings is 3. The van der Waals surface area contributed by atoms with Crippen LogP contribution in [-0.4, -0.2) is 32.1 Å². The molecular weight excluding hydrogens is 452 g/mol. The molecule has 33 heavy (non-hydrogen) atoms. The minimum Gasteiger partial charge on any atom is -0.493 e. The average Bonchev–Trinajstić information content (AvgIpc) is 2.80. The molecule has 1 amide bonds. The average molecular weight is 476 g/mol. The van der Waals surface area contributed by atoms with Gasteiger partial charge in [0.05, 0.1) is 18.4 Å². The van der Waals surface area contributed by atoms with Crippen LogP contribution in [0.2, 0.25) is 0 Å². The third-order valence-corrected chi connectivity index (χ3v) is 5.99. The Hall–Kier alpha value is -3.46. The molecule has 3 aromatic rings. The summed E-state index contributed by atoms with van der Waals surface area (Å²) in [5.41, 5.74) is 1.06. The molecule has 0 aliphatic heterocycles. The molecule has 0 N–H and O–H groups in total. The van der Waals surface area contributed by atoms with Gasteiger partial charge in [0.1, 0.15) is 11.6 Å². The van der Waals surface area contributed by atoms with E-state index in [4.69, 9.17) is 8.92 Å². The maximum atomic E-state index is 14.3. The van der Waals surface area contributed by atoms with Crippen LogP contribution < -0.4 is 8.92 Å². The lowest BCUT2D eigenvalue weighted by atomic mass is 10.1. The third-order valence-electron chi connectivity index (χ3n) is 4.85. The summed E-state index contributed by atoms with van der Waals surface area (Å²) < 4.78 is 61.9. The molecule has 0 spiro atoms. The van der Waals surface area contributed by atoms with Crippen LogP contribution in [0.3, 0.4) is 0 Å². The first-order chi connectivity index (χ1) is 15.7. The highest BCUT2D eigenvalue weighted by Crippen LogP contribution is 2.30. The maximum absolute atomic E-state index is 14.3. The van der Waals surface area contributed by atoms with Crippen LogP contribution in [0.25, 0.3) is 0 Å². The van der Waals surface area contributed by atoms with Gasteiger partial charge in [0.2, 0.25) is 0 Å². The fraction of sp³-hybridized carbons (Fsp3) is 0.208. The zero-order valence-corrected chi connectivity index (χ0v) is 18.9. The van der Waals surface area contributed by atoms with Crippen molar-refractivity contribution in [2.45, 2.75) is 20.0 Å². The van der Waals surface area contributed by atoms with Gasteiger partial charge in [-0.05, 0) is 54.4 Å². The van der Waals surface area contributed by atoms with Gasteiger partial charge in [0, 0.05) is 13.1 Å². The van der Waals surface area contributed by atoms with Crippen LogP contribution in [0.4, 0.5) is 8.78 Å². The van der Waals surface area contributed by atoms with Crippen molar-refractivity contribution in [3.05, 3.63) is 95.1 Å². The molecule has 0 bridgehead atoms. The molecule has 0 aromatic heterocycles. The van der Waals surface area contributed by atoms with Gasteiger partial charge in [-0.3, -0.25) is 4.79 Å². The summed E-state index contributed by atoms with van der Waals surface area (Å²) in [6.45, 7) is 1.53. The molecule has 0 saturated heterocycles. The standard InChI is InChI=1S/C24H23F2NO5S/c1-3-33(29,30)32-23-14-18(10-13-22(23)31-2)16-27(15-17-8-11-19(25)12-9-17)24(28)20-6-4-5-7-21(20)26/h4-14H,3,15-16H2,1-2H3. The quantitative estimate of drug-likeness (QED) is 0.425. The molecule has 0 radical (unpaired) electrons. The van der Waals surface area contributed by atoms with Crippen molar-refractivity contribution < 1.29 is 30.9 Å². The van der Waals surface area contributed by atoms with E-state index in [0.29, 0.717) is 11.1 Å². The highest BCUT2D eigenvalue weighted by molar-refractivity contribution is 7.87. The van der Waals surface area contributed by atoms with E-state index in [1.54, 1.807) is 12.1 Å². The SMILES string of the molecule is CCS(=O)(=O)Oc1cc(CN(Cc2ccc(F)cc2)C(=O)c2ccccc2F)ccc1OC. The summed E-state index contributed by atoms with van der Waals surface area (Å²) >= 11 is 0. The molecule has 0 aliphatic rings. The lowest BCUT2D eigenvalue weighted by Gasteiger charge is -2.24. The maximum Gasteiger partial charge on any atom is 0.309 e. The Bertz CT molecular complexity index is 1230. The zero-order valence-electron chi connectivity index (χ0n) is 18.1. The third kappa shape index (κ3) is 6.29. The van der Waals surface area contributed by atoms with Crippen LogP contribution in [0, 0.1) is 11.6 Å². The Morgan fingerprint density at radius 1 is 0.909 bits per heavy atom. The second-order valence-corrected chi connectivity index (χ2v) is 9.04. The van der Waals surface area contributed by atoms with Gasteiger partial charge < -0.3 is 13.8 Å². The van der Waals surface area contributed by atoms with Crippen molar-refractivity contribution >= 4 is 16.0 Å². The highest BCUT2D eigenvalue weighted by Gasteiger charge is 2.21. The van der Waals surface area contributed by atoms with E-state index in [-0.39, 0.29) is 35.9 Å². The number of carbonyl (C=O) groups is 1. The fourth-order valence-corrected chi connectivity index (χ4v) is 3.64. The molecule has 9 heteroatoms. The van der Waals surface area contributed by atoms with Gasteiger partial charge in [-0.2, -0.15) is 8.42 Å². The second kappa shape index (κ2) is 10.4. The molecule has 3 aromatic carbocycles. The number of amides is 1. The molecule has 0 heterocycles. The predicted octanol–water partition coefficient (Wildman–Crippen LogP) is 4.54. The van der Waals surface area contributed by atoms with Crippen LogP contribution in [-0.2, 0) is 23.2 Å². The van der Waals surface area contributed by atoms with Crippen LogP contribution in [0.5, 0.6) is 11.5 Å². The molecule has 0 aliphatic carbocycles. The number of methoxy groups -OCH3 is 1. The minimum atomic E-state index is -3.81. The summed E-state index contributed by atoms with van der Waals surface area (Å²) in [5, 5.41) is 0. The number of carbonyl (C=O) groups excluding carboxylic acids is 1. The van der Waals surface area contributed by atoms with E-state index in [1.165, 1.54) is 73.5 Å². The Kier molecular flexibility index (Phi) is 7.65. The molecule has 6 nitrogen and oxygen atoms in total. The summed E-state index contributed by atoms with van der Waals surface area (Å²) in [5.74, 6) is -1.70. The van der Waals surface area contributed by atoms with Crippen molar-refractivity contribution in [3.63, 3.8) is 0 Å². The van der Waals surface area contributed by atoms with Gasteiger partial charge in [-0.25, -0.2) is 8.78 Å². The molecule has 0 unspecified atom stereocenters. The summed E-state index contributed by atoms with van der Waals surface area (Å²) in [6, 6.07) is 15.9. The van der Waals surface area contributed by atoms with E-state index in [0.717, 1.165) is 0 Å². The molecule has 3 rings (SSSR count). The summed E-state index contributed by atoms with van der Waals surface area (Å²) in [6.07, 6.45) is 0. The predicted molar refractivity (Wildman–Crippen MR) is 119 cm³/mol. The largest absolute Gasteiger partial charge is 0.493 e. The van der Waals surface area contributed by atoms with E-state index >= 15 is 0 Å². The van der Waals surface area contributed by atoms with E-state index in [2.05, 4.69) is 0 Å². The van der Waals surface area contributed by atoms with Crippen molar-refractivity contribution in [1.82, 2.24) is 4.90 Å². The first-order valence-electron chi connectivity index (χ1n) is 10.1. The van der Waals surface area contributed by atoms with Gasteiger partial charge in [-0.15, -0.1) is 0 Å². The van der Waals surface area contributed by atoms with Crippen LogP contribution >= 0.6 is 0 Å². The number of ether oxygens (including phenoxy) is 1. The van der Waals surface area contributed by atoms with Gasteiger partial charge >= 0.3 is 10.1 Å². The Labute approximate surface area is 191 Å². The Morgan fingerprint density at radius 3 is 2.18 bits per heavy atom. The number of nitrogens with zero attached hydrogens (tertiary/aromatic N) is 1. The molecule has 0 atom stereocenters. The molecule has 0 saturated carbocycles. The van der Waals surface area contributed by atoms with Crippen molar-refractivity contribution in [2.24, 2.45) is 0 Å². The number of rotatable bonds is 9. The fourth-order valence-electron chi connectivity index (χ4n) is 3.12. The number of hydrogen-bond donors (Lipinski definition) is 0.